The summed E-state index contributed by atoms with van der Waals surface area (Å²) in [5.74, 6) is 0.406. The Morgan fingerprint density at radius 3 is 2.86 bits per heavy atom. The van der Waals surface area contributed by atoms with Gasteiger partial charge >= 0.3 is 6.03 Å². The quantitative estimate of drug-likeness (QED) is 0.813. The number of urea groups is 1. The molecule has 9 heteroatoms. The molecule has 1 saturated carbocycles. The molecule has 2 aromatic heterocycles. The number of aromatic nitrogens is 3. The minimum Gasteiger partial charge on any atom is -0.351 e. The minimum absolute atomic E-state index is 0.390. The second-order valence-corrected chi connectivity index (χ2v) is 7.25. The van der Waals surface area contributed by atoms with E-state index in [1.54, 1.807) is 18.3 Å². The average molecular weight is 337 g/mol. The molecular formula is C13H15N5O2S2. The lowest BCUT2D eigenvalue weighted by molar-refractivity contribution is -0.119. The van der Waals surface area contributed by atoms with E-state index >= 15 is 0 Å². The Balaban J connectivity index is 1.82. The van der Waals surface area contributed by atoms with Crippen molar-refractivity contribution in [1.29, 1.82) is 0 Å². The zero-order valence-corrected chi connectivity index (χ0v) is 13.5. The summed E-state index contributed by atoms with van der Waals surface area (Å²) >= 11 is 2.89. The van der Waals surface area contributed by atoms with E-state index in [2.05, 4.69) is 20.1 Å². The van der Waals surface area contributed by atoms with Crippen LogP contribution in [0.1, 0.15) is 25.8 Å². The van der Waals surface area contributed by atoms with Crippen LogP contribution in [0.4, 0.5) is 4.79 Å². The molecule has 1 aliphatic rings. The Morgan fingerprint density at radius 2 is 2.27 bits per heavy atom. The van der Waals surface area contributed by atoms with Crippen LogP contribution in [0, 0.1) is 0 Å². The molecule has 0 spiro atoms. The highest BCUT2D eigenvalue weighted by molar-refractivity contribution is 8.00. The first-order chi connectivity index (χ1) is 10.6. The van der Waals surface area contributed by atoms with Crippen molar-refractivity contribution in [2.45, 2.75) is 36.2 Å². The molecule has 116 valence electrons. The number of amides is 3. The molecule has 3 amide bonds. The van der Waals surface area contributed by atoms with E-state index in [1.165, 1.54) is 11.8 Å². The van der Waals surface area contributed by atoms with Crippen molar-refractivity contribution < 1.29 is 9.59 Å². The van der Waals surface area contributed by atoms with E-state index in [0.29, 0.717) is 11.2 Å². The summed E-state index contributed by atoms with van der Waals surface area (Å²) in [6.45, 7) is 1.71. The molecule has 22 heavy (non-hydrogen) atoms. The van der Waals surface area contributed by atoms with Gasteiger partial charge in [-0.2, -0.15) is 0 Å². The SMILES string of the molecule is C[C@@H](Sc1nnc(-c2cccs2)n1C1CC1)C(=O)NC(N)=O. The summed E-state index contributed by atoms with van der Waals surface area (Å²) in [6.07, 6.45) is 2.18. The summed E-state index contributed by atoms with van der Waals surface area (Å²) < 4.78 is 2.09. The molecule has 0 unspecified atom stereocenters. The first-order valence-electron chi connectivity index (χ1n) is 6.82. The Bertz CT molecular complexity index is 693. The maximum atomic E-state index is 11.8. The van der Waals surface area contributed by atoms with Crippen LogP contribution in [0.5, 0.6) is 0 Å². The molecule has 0 saturated heterocycles. The zero-order chi connectivity index (χ0) is 15.7. The van der Waals surface area contributed by atoms with Crippen molar-refractivity contribution in [1.82, 2.24) is 20.1 Å². The number of imide groups is 1. The van der Waals surface area contributed by atoms with Gasteiger partial charge in [0.15, 0.2) is 11.0 Å². The third-order valence-electron chi connectivity index (χ3n) is 3.22. The molecule has 7 nitrogen and oxygen atoms in total. The lowest BCUT2D eigenvalue weighted by Crippen LogP contribution is -2.39. The summed E-state index contributed by atoms with van der Waals surface area (Å²) in [4.78, 5) is 23.6. The van der Waals surface area contributed by atoms with E-state index in [0.717, 1.165) is 23.5 Å². The third-order valence-corrected chi connectivity index (χ3v) is 5.14. The number of hydrogen-bond donors (Lipinski definition) is 2. The van der Waals surface area contributed by atoms with Gasteiger partial charge in [-0.15, -0.1) is 21.5 Å². The maximum Gasteiger partial charge on any atom is 0.318 e. The van der Waals surface area contributed by atoms with Gasteiger partial charge < -0.3 is 5.73 Å². The summed E-state index contributed by atoms with van der Waals surface area (Å²) in [5.41, 5.74) is 4.97. The Kier molecular flexibility index (Phi) is 4.16. The highest BCUT2D eigenvalue weighted by Crippen LogP contribution is 2.42. The number of rotatable bonds is 5. The van der Waals surface area contributed by atoms with E-state index in [4.69, 9.17) is 5.73 Å². The van der Waals surface area contributed by atoms with Gasteiger partial charge in [0, 0.05) is 6.04 Å². The van der Waals surface area contributed by atoms with E-state index < -0.39 is 17.2 Å². The molecule has 3 rings (SSSR count). The third kappa shape index (κ3) is 3.14. The summed E-state index contributed by atoms with van der Waals surface area (Å²) in [6, 6.07) is 3.52. The summed E-state index contributed by atoms with van der Waals surface area (Å²) in [5, 5.41) is 12.8. The van der Waals surface area contributed by atoms with Gasteiger partial charge in [-0.1, -0.05) is 17.8 Å². The predicted octanol–water partition coefficient (Wildman–Crippen LogP) is 2.02. The molecule has 1 atom stereocenters. The number of primary amides is 1. The molecule has 2 heterocycles. The molecule has 1 aliphatic carbocycles. The van der Waals surface area contributed by atoms with Crippen molar-refractivity contribution in [3.05, 3.63) is 17.5 Å². The molecule has 3 N–H and O–H groups in total. The second kappa shape index (κ2) is 6.09. The Labute approximate surface area is 135 Å². The van der Waals surface area contributed by atoms with Crippen LogP contribution < -0.4 is 11.1 Å². The summed E-state index contributed by atoms with van der Waals surface area (Å²) in [7, 11) is 0. The number of carbonyl (C=O) groups is 2. The van der Waals surface area contributed by atoms with Gasteiger partial charge in [0.05, 0.1) is 10.1 Å². The van der Waals surface area contributed by atoms with Crippen LogP contribution >= 0.6 is 23.1 Å². The molecular weight excluding hydrogens is 322 g/mol. The first-order valence-corrected chi connectivity index (χ1v) is 8.58. The lowest BCUT2D eigenvalue weighted by Gasteiger charge is -2.11. The number of thioether (sulfide) groups is 1. The van der Waals surface area contributed by atoms with Crippen LogP contribution in [-0.2, 0) is 4.79 Å². The van der Waals surface area contributed by atoms with Gasteiger partial charge in [-0.25, -0.2) is 4.79 Å². The van der Waals surface area contributed by atoms with Crippen molar-refractivity contribution in [3.63, 3.8) is 0 Å². The topological polar surface area (TPSA) is 103 Å². The number of nitrogens with zero attached hydrogens (tertiary/aromatic N) is 3. The van der Waals surface area contributed by atoms with Crippen molar-refractivity contribution in [2.75, 3.05) is 0 Å². The number of nitrogens with two attached hydrogens (primary N) is 1. The van der Waals surface area contributed by atoms with Gasteiger partial charge in [-0.3, -0.25) is 14.7 Å². The zero-order valence-electron chi connectivity index (χ0n) is 11.9. The van der Waals surface area contributed by atoms with Gasteiger partial charge in [0.1, 0.15) is 0 Å². The van der Waals surface area contributed by atoms with Gasteiger partial charge in [0.25, 0.3) is 0 Å². The highest BCUT2D eigenvalue weighted by atomic mass is 32.2. The van der Waals surface area contributed by atoms with Crippen LogP contribution in [0.3, 0.4) is 0 Å². The molecule has 0 radical (unpaired) electrons. The molecule has 1 fully saturated rings. The predicted molar refractivity (Wildman–Crippen MR) is 84.7 cm³/mol. The van der Waals surface area contributed by atoms with Crippen LogP contribution in [-0.4, -0.2) is 32.0 Å². The Morgan fingerprint density at radius 1 is 1.50 bits per heavy atom. The standard InChI is InChI=1S/C13H15N5O2S2/c1-7(11(19)15-12(14)20)22-13-17-16-10(9-3-2-6-21-9)18(13)8-4-5-8/h2-3,6-8H,4-5H2,1H3,(H3,14,15,19,20)/t7-/m1/s1. The number of hydrogen-bond acceptors (Lipinski definition) is 6. The fourth-order valence-corrected chi connectivity index (χ4v) is 3.65. The average Bonchev–Trinajstić information content (AvgIpc) is 3.00. The highest BCUT2D eigenvalue weighted by Gasteiger charge is 2.31. The Hall–Kier alpha value is -1.87. The molecule has 0 bridgehead atoms. The normalized spacial score (nSPS) is 15.5. The maximum absolute atomic E-state index is 11.8. The fourth-order valence-electron chi connectivity index (χ4n) is 2.03. The monoisotopic (exact) mass is 337 g/mol. The van der Waals surface area contributed by atoms with Gasteiger partial charge in [-0.05, 0) is 31.2 Å². The second-order valence-electron chi connectivity index (χ2n) is 5.00. The van der Waals surface area contributed by atoms with Crippen molar-refractivity contribution in [3.8, 4) is 10.7 Å². The number of nitrogens with one attached hydrogen (secondary N) is 1. The van der Waals surface area contributed by atoms with Crippen LogP contribution in [0.2, 0.25) is 0 Å². The van der Waals surface area contributed by atoms with Crippen LogP contribution in [0.25, 0.3) is 10.7 Å². The molecule has 0 aromatic carbocycles. The fraction of sp³-hybridized carbons (Fsp3) is 0.385. The molecule has 2 aromatic rings. The number of carbonyl (C=O) groups excluding carboxylic acids is 2. The van der Waals surface area contributed by atoms with E-state index in [-0.39, 0.29) is 0 Å². The van der Waals surface area contributed by atoms with Crippen molar-refractivity contribution >= 4 is 35.0 Å². The first kappa shape index (κ1) is 15.0. The largest absolute Gasteiger partial charge is 0.351 e. The lowest BCUT2D eigenvalue weighted by atomic mass is 10.4. The molecule has 0 aliphatic heterocycles. The smallest absolute Gasteiger partial charge is 0.318 e. The van der Waals surface area contributed by atoms with Crippen molar-refractivity contribution in [2.24, 2.45) is 5.73 Å². The van der Waals surface area contributed by atoms with E-state index in [1.807, 2.05) is 17.5 Å². The van der Waals surface area contributed by atoms with E-state index in [9.17, 15) is 9.59 Å². The number of thiophene rings is 1. The van der Waals surface area contributed by atoms with Gasteiger partial charge in [0.2, 0.25) is 5.91 Å². The van der Waals surface area contributed by atoms with Crippen LogP contribution in [0.15, 0.2) is 22.7 Å². The minimum atomic E-state index is -0.847.